The predicted octanol–water partition coefficient (Wildman–Crippen LogP) is 4.23. The van der Waals surface area contributed by atoms with Crippen LogP contribution in [0.5, 0.6) is 5.88 Å². The van der Waals surface area contributed by atoms with Gasteiger partial charge >= 0.3 is 6.18 Å². The van der Waals surface area contributed by atoms with Gasteiger partial charge in [0.25, 0.3) is 5.91 Å². The van der Waals surface area contributed by atoms with E-state index in [1.807, 2.05) is 0 Å². The Bertz CT molecular complexity index is 1200. The van der Waals surface area contributed by atoms with Crippen molar-refractivity contribution in [3.8, 4) is 11.6 Å². The number of aromatic nitrogens is 4. The van der Waals surface area contributed by atoms with Crippen LogP contribution >= 0.6 is 0 Å². The summed E-state index contributed by atoms with van der Waals surface area (Å²) in [4.78, 5) is 20.0. The normalized spacial score (nSPS) is 24.0. The van der Waals surface area contributed by atoms with Gasteiger partial charge in [0.15, 0.2) is 0 Å². The molecule has 2 saturated heterocycles. The number of carbonyl (C=O) groups is 1. The molecule has 4 unspecified atom stereocenters. The SMILES string of the molecule is O=C(c1cc(F)ccc1-n1nccn1)N1C(CF)C2CCC1C(Oc1ccc(C(F)(F)F)cn1)C2. The van der Waals surface area contributed by atoms with E-state index < -0.39 is 48.3 Å². The van der Waals surface area contributed by atoms with Gasteiger partial charge in [-0.15, -0.1) is 0 Å². The molecule has 2 aliphatic heterocycles. The molecule has 12 heteroatoms. The number of fused-ring (bicyclic) bond motifs is 3. The van der Waals surface area contributed by atoms with Gasteiger partial charge in [0.1, 0.15) is 18.6 Å². The number of hydrogen-bond acceptors (Lipinski definition) is 5. The molecular weight excluding hydrogens is 473 g/mol. The molecule has 2 aromatic heterocycles. The molecule has 1 aliphatic carbocycles. The third-order valence-corrected chi connectivity index (χ3v) is 6.61. The molecule has 4 atom stereocenters. The van der Waals surface area contributed by atoms with Crippen molar-refractivity contribution in [1.82, 2.24) is 24.9 Å². The van der Waals surface area contributed by atoms with Gasteiger partial charge in [-0.2, -0.15) is 28.2 Å². The van der Waals surface area contributed by atoms with Crippen LogP contribution < -0.4 is 4.74 Å². The van der Waals surface area contributed by atoms with Crippen LogP contribution in [0.25, 0.3) is 5.69 Å². The molecule has 0 spiro atoms. The van der Waals surface area contributed by atoms with E-state index in [4.69, 9.17) is 4.74 Å². The molecule has 3 aliphatic rings. The molecule has 35 heavy (non-hydrogen) atoms. The van der Waals surface area contributed by atoms with Crippen molar-refractivity contribution in [2.75, 3.05) is 6.67 Å². The lowest BCUT2D eigenvalue weighted by molar-refractivity contribution is -0.137. The lowest BCUT2D eigenvalue weighted by Crippen LogP contribution is -2.65. The highest BCUT2D eigenvalue weighted by molar-refractivity contribution is 5.98. The molecule has 6 rings (SSSR count). The minimum Gasteiger partial charge on any atom is -0.472 e. The van der Waals surface area contributed by atoms with E-state index in [0.717, 1.165) is 18.2 Å². The van der Waals surface area contributed by atoms with Crippen LogP contribution in [-0.4, -0.2) is 55.6 Å². The third kappa shape index (κ3) is 4.32. The zero-order chi connectivity index (χ0) is 24.7. The first-order valence-corrected chi connectivity index (χ1v) is 11.0. The average Bonchev–Trinajstić information content (AvgIpc) is 3.38. The fourth-order valence-electron chi connectivity index (χ4n) is 5.02. The lowest BCUT2D eigenvalue weighted by atomic mass is 9.73. The standard InChI is InChI=1S/C23H20F5N5O2/c24-11-19-13-1-4-18(20(9-13)35-21-6-2-14(12-29-21)23(26,27)28)32(19)22(34)16-10-15(25)3-5-17(16)33-30-7-8-31-33/h2-3,5-8,10,12-13,18-20H,1,4,9,11H2. The van der Waals surface area contributed by atoms with E-state index in [1.165, 1.54) is 34.2 Å². The highest BCUT2D eigenvalue weighted by atomic mass is 19.4. The maximum absolute atomic E-state index is 14.2. The summed E-state index contributed by atoms with van der Waals surface area (Å²) in [5.41, 5.74) is -0.698. The molecule has 0 N–H and O–H groups in total. The zero-order valence-corrected chi connectivity index (χ0v) is 18.2. The van der Waals surface area contributed by atoms with Crippen LogP contribution in [0.1, 0.15) is 35.2 Å². The molecule has 3 aromatic rings. The van der Waals surface area contributed by atoms with Gasteiger partial charge in [-0.1, -0.05) is 0 Å². The quantitative estimate of drug-likeness (QED) is 0.498. The second-order valence-corrected chi connectivity index (χ2v) is 8.59. The number of alkyl halides is 4. The van der Waals surface area contributed by atoms with Crippen LogP contribution in [0.4, 0.5) is 22.0 Å². The van der Waals surface area contributed by atoms with Gasteiger partial charge in [0, 0.05) is 12.3 Å². The first kappa shape index (κ1) is 23.2. The maximum Gasteiger partial charge on any atom is 0.417 e. The van der Waals surface area contributed by atoms with Gasteiger partial charge in [0.2, 0.25) is 5.88 Å². The van der Waals surface area contributed by atoms with Gasteiger partial charge in [-0.05, 0) is 49.4 Å². The molecule has 7 nitrogen and oxygen atoms in total. The van der Waals surface area contributed by atoms with E-state index in [-0.39, 0.29) is 23.0 Å². The van der Waals surface area contributed by atoms with E-state index in [9.17, 15) is 26.7 Å². The van der Waals surface area contributed by atoms with Crippen molar-refractivity contribution in [2.45, 2.75) is 43.6 Å². The average molecular weight is 493 g/mol. The Morgan fingerprint density at radius 2 is 1.89 bits per heavy atom. The number of hydrogen-bond donors (Lipinski definition) is 0. The van der Waals surface area contributed by atoms with Crippen LogP contribution in [0, 0.1) is 11.7 Å². The van der Waals surface area contributed by atoms with Crippen LogP contribution in [-0.2, 0) is 6.18 Å². The lowest BCUT2D eigenvalue weighted by Gasteiger charge is -2.53. The van der Waals surface area contributed by atoms with Crippen molar-refractivity contribution in [2.24, 2.45) is 5.92 Å². The summed E-state index contributed by atoms with van der Waals surface area (Å²) in [6, 6.07) is 4.29. The summed E-state index contributed by atoms with van der Waals surface area (Å²) in [7, 11) is 0. The van der Waals surface area contributed by atoms with Crippen LogP contribution in [0.15, 0.2) is 48.9 Å². The molecule has 184 valence electrons. The summed E-state index contributed by atoms with van der Waals surface area (Å²) in [5, 5.41) is 8.02. The van der Waals surface area contributed by atoms with Gasteiger partial charge < -0.3 is 9.64 Å². The topological polar surface area (TPSA) is 73.1 Å². The molecular formula is C23H20F5N5O2. The molecule has 2 bridgehead atoms. The van der Waals surface area contributed by atoms with Gasteiger partial charge in [0.05, 0.1) is 41.3 Å². The first-order chi connectivity index (χ1) is 16.8. The molecule has 1 aromatic carbocycles. The number of carbonyl (C=O) groups excluding carboxylic acids is 1. The number of amides is 1. The summed E-state index contributed by atoms with van der Waals surface area (Å²) in [5.74, 6) is -1.49. The predicted molar refractivity (Wildman–Crippen MR) is 112 cm³/mol. The Morgan fingerprint density at radius 3 is 2.54 bits per heavy atom. The Balaban J connectivity index is 1.45. The number of ether oxygens (including phenoxy) is 1. The fraction of sp³-hybridized carbons (Fsp3) is 0.391. The Labute approximate surface area is 196 Å². The van der Waals surface area contributed by atoms with Crippen LogP contribution in [0.2, 0.25) is 0 Å². The number of pyridine rings is 1. The van der Waals surface area contributed by atoms with Crippen LogP contribution in [0.3, 0.4) is 0 Å². The first-order valence-electron chi connectivity index (χ1n) is 11.0. The highest BCUT2D eigenvalue weighted by Crippen LogP contribution is 2.42. The second-order valence-electron chi connectivity index (χ2n) is 8.59. The highest BCUT2D eigenvalue weighted by Gasteiger charge is 2.50. The number of nitrogens with zero attached hydrogens (tertiary/aromatic N) is 5. The van der Waals surface area contributed by atoms with Crippen molar-refractivity contribution in [1.29, 1.82) is 0 Å². The van der Waals surface area contributed by atoms with E-state index in [2.05, 4.69) is 15.2 Å². The molecule has 4 heterocycles. The van der Waals surface area contributed by atoms with E-state index in [0.29, 0.717) is 25.5 Å². The summed E-state index contributed by atoms with van der Waals surface area (Å²) < 4.78 is 72.8. The Morgan fingerprint density at radius 1 is 1.11 bits per heavy atom. The Hall–Kier alpha value is -3.57. The number of benzene rings is 1. The van der Waals surface area contributed by atoms with Crippen molar-refractivity contribution in [3.05, 3.63) is 65.9 Å². The van der Waals surface area contributed by atoms with Crippen molar-refractivity contribution >= 4 is 5.91 Å². The van der Waals surface area contributed by atoms with E-state index >= 15 is 0 Å². The number of piperidine rings is 2. The summed E-state index contributed by atoms with van der Waals surface area (Å²) >= 11 is 0. The summed E-state index contributed by atoms with van der Waals surface area (Å²) in [6.07, 6.45) is -0.0495. The molecule has 1 saturated carbocycles. The zero-order valence-electron chi connectivity index (χ0n) is 18.2. The fourth-order valence-corrected chi connectivity index (χ4v) is 5.02. The minimum atomic E-state index is -4.53. The van der Waals surface area contributed by atoms with Crippen molar-refractivity contribution in [3.63, 3.8) is 0 Å². The van der Waals surface area contributed by atoms with Crippen molar-refractivity contribution < 1.29 is 31.5 Å². The largest absolute Gasteiger partial charge is 0.472 e. The van der Waals surface area contributed by atoms with Gasteiger partial charge in [-0.25, -0.2) is 13.8 Å². The molecule has 0 radical (unpaired) electrons. The third-order valence-electron chi connectivity index (χ3n) is 6.61. The monoisotopic (exact) mass is 493 g/mol. The van der Waals surface area contributed by atoms with E-state index in [1.54, 1.807) is 0 Å². The molecule has 1 amide bonds. The maximum atomic E-state index is 14.2. The number of halogens is 5. The molecule has 3 fully saturated rings. The second kappa shape index (κ2) is 8.90. The smallest absolute Gasteiger partial charge is 0.417 e. The minimum absolute atomic E-state index is 0.0214. The number of rotatable bonds is 5. The Kier molecular flexibility index (Phi) is 5.89. The van der Waals surface area contributed by atoms with Gasteiger partial charge in [-0.3, -0.25) is 4.79 Å². The summed E-state index contributed by atoms with van der Waals surface area (Å²) in [6.45, 7) is -0.789.